The first-order valence-electron chi connectivity index (χ1n) is 13.8. The Labute approximate surface area is 255 Å². The molecular weight excluding hydrogens is 595 g/mol. The van der Waals surface area contributed by atoms with Gasteiger partial charge in [0.15, 0.2) is 0 Å². The number of benzene rings is 2. The molecule has 0 spiro atoms. The molecule has 0 saturated heterocycles. The van der Waals surface area contributed by atoms with Crippen molar-refractivity contribution in [2.24, 2.45) is 9.98 Å². The SMILES string of the molecule is CC1(C)C2=N/C(=C(/c3ccccc3)c3ccc([n-]3)C(C)(C)C3=N/C(=C(/c4ccccc4)c4ccc1[n-]4)C=C3)C=C2.[Pd+2]. The zero-order valence-corrected chi connectivity index (χ0v) is 25.1. The van der Waals surface area contributed by atoms with E-state index < -0.39 is 10.8 Å². The van der Waals surface area contributed by atoms with Crippen molar-refractivity contribution >= 4 is 22.6 Å². The molecule has 0 fully saturated rings. The summed E-state index contributed by atoms with van der Waals surface area (Å²) in [5.74, 6) is 0. The number of hydrogen-bond donors (Lipinski definition) is 0. The fourth-order valence-electron chi connectivity index (χ4n) is 5.72. The van der Waals surface area contributed by atoms with Crippen molar-refractivity contribution < 1.29 is 20.4 Å². The molecule has 4 aromatic rings. The van der Waals surface area contributed by atoms with E-state index >= 15 is 0 Å². The van der Waals surface area contributed by atoms with E-state index in [4.69, 9.17) is 20.0 Å². The minimum absolute atomic E-state index is 0. The maximum absolute atomic E-state index is 5.21. The molecule has 4 nitrogen and oxygen atoms in total. The van der Waals surface area contributed by atoms with E-state index in [1.807, 2.05) is 12.1 Å². The second-order valence-electron chi connectivity index (χ2n) is 11.6. The van der Waals surface area contributed by atoms with Crippen LogP contribution in [-0.2, 0) is 31.3 Å². The quantitative estimate of drug-likeness (QED) is 0.218. The number of rotatable bonds is 2. The second kappa shape index (κ2) is 10.1. The number of aliphatic imine (C=N–C) groups is 2. The molecule has 0 N–H and O–H groups in total. The van der Waals surface area contributed by atoms with E-state index in [0.717, 1.165) is 67.9 Å². The molecule has 0 amide bonds. The second-order valence-corrected chi connectivity index (χ2v) is 11.6. The number of nitrogens with zero attached hydrogens (tertiary/aromatic N) is 4. The van der Waals surface area contributed by atoms with Crippen LogP contribution in [0, 0.1) is 0 Å². The molecule has 3 aliphatic heterocycles. The minimum atomic E-state index is -0.394. The Bertz CT molecular complexity index is 1680. The predicted octanol–water partition coefficient (Wildman–Crippen LogP) is 7.41. The molecule has 5 heteroatoms. The molecule has 41 heavy (non-hydrogen) atoms. The van der Waals surface area contributed by atoms with Gasteiger partial charge < -0.3 is 9.97 Å². The van der Waals surface area contributed by atoms with E-state index in [2.05, 4.69) is 125 Å². The molecule has 2 aromatic heterocycles. The summed E-state index contributed by atoms with van der Waals surface area (Å²) in [7, 11) is 0. The fourth-order valence-corrected chi connectivity index (χ4v) is 5.72. The van der Waals surface area contributed by atoms with Gasteiger partial charge in [-0.25, -0.2) is 0 Å². The van der Waals surface area contributed by atoms with Crippen LogP contribution in [-0.4, -0.2) is 11.4 Å². The molecule has 2 aromatic carbocycles. The molecule has 204 valence electrons. The maximum Gasteiger partial charge on any atom is 2.00 e. The first-order chi connectivity index (χ1) is 19.3. The standard InChI is InChI=1S/C36H30N4.Pd/c1-35(2)29-19-15-25(37-29)33(23-11-7-5-8-12-23)27-17-21-31(39-27)36(3,4)32-22-18-28(40-32)34(24-13-9-6-10-14-24)26-16-20-30(35)38-26;/h5-22H,1-4H3;/q-2;+2/b33-25-,34-28-;. The van der Waals surface area contributed by atoms with Gasteiger partial charge >= 0.3 is 20.4 Å². The monoisotopic (exact) mass is 624 g/mol. The molecule has 0 unspecified atom stereocenters. The summed E-state index contributed by atoms with van der Waals surface area (Å²) in [6, 6.07) is 29.3. The van der Waals surface area contributed by atoms with E-state index in [9.17, 15) is 0 Å². The van der Waals surface area contributed by atoms with Gasteiger partial charge in [-0.15, -0.1) is 22.8 Å². The predicted molar refractivity (Wildman–Crippen MR) is 164 cm³/mol. The summed E-state index contributed by atoms with van der Waals surface area (Å²) < 4.78 is 0. The molecule has 0 radical (unpaired) electrons. The van der Waals surface area contributed by atoms with Crippen LogP contribution in [0.1, 0.15) is 61.6 Å². The normalized spacial score (nSPS) is 21.9. The van der Waals surface area contributed by atoms with Crippen LogP contribution >= 0.6 is 0 Å². The first-order valence-corrected chi connectivity index (χ1v) is 13.8. The van der Waals surface area contributed by atoms with Gasteiger partial charge in [0.25, 0.3) is 0 Å². The zero-order chi connectivity index (χ0) is 27.5. The van der Waals surface area contributed by atoms with Crippen LogP contribution in [0.25, 0.3) is 11.1 Å². The number of allylic oxidation sites excluding steroid dienone is 4. The van der Waals surface area contributed by atoms with E-state index in [-0.39, 0.29) is 20.4 Å². The van der Waals surface area contributed by atoms with Crippen molar-refractivity contribution in [1.29, 1.82) is 0 Å². The third-order valence-electron chi connectivity index (χ3n) is 8.27. The van der Waals surface area contributed by atoms with Crippen molar-refractivity contribution in [1.82, 2.24) is 9.97 Å². The van der Waals surface area contributed by atoms with Crippen LogP contribution in [0.5, 0.6) is 0 Å². The van der Waals surface area contributed by atoms with Gasteiger partial charge in [-0.3, -0.25) is 9.98 Å². The molecule has 0 aliphatic carbocycles. The van der Waals surface area contributed by atoms with Crippen molar-refractivity contribution in [3.8, 4) is 0 Å². The van der Waals surface area contributed by atoms with Crippen molar-refractivity contribution in [3.05, 3.63) is 155 Å². The fraction of sp³-hybridized carbons (Fsp3) is 0.167. The van der Waals surface area contributed by atoms with Gasteiger partial charge in [0.2, 0.25) is 0 Å². The Kier molecular flexibility index (Phi) is 6.69. The number of hydrogen-bond acceptors (Lipinski definition) is 2. The van der Waals surface area contributed by atoms with Crippen LogP contribution in [0.15, 0.2) is 131 Å². The summed E-state index contributed by atoms with van der Waals surface area (Å²) in [5, 5.41) is 0. The van der Waals surface area contributed by atoms with E-state index in [1.165, 1.54) is 0 Å². The summed E-state index contributed by atoms with van der Waals surface area (Å²) >= 11 is 0. The first kappa shape index (κ1) is 27.1. The third-order valence-corrected chi connectivity index (χ3v) is 8.27. The van der Waals surface area contributed by atoms with Gasteiger partial charge in [0.05, 0.1) is 11.4 Å². The molecule has 0 saturated carbocycles. The minimum Gasteiger partial charge on any atom is -0.660 e. The molecule has 5 heterocycles. The Morgan fingerprint density at radius 3 is 1.27 bits per heavy atom. The largest absolute Gasteiger partial charge is 2.00 e. The topological polar surface area (TPSA) is 52.9 Å². The number of aromatic nitrogens is 2. The van der Waals surface area contributed by atoms with E-state index in [0.29, 0.717) is 0 Å². The summed E-state index contributed by atoms with van der Waals surface area (Å²) in [4.78, 5) is 20.8. The molecule has 7 rings (SSSR count). The average molecular weight is 625 g/mol. The van der Waals surface area contributed by atoms with Crippen LogP contribution in [0.4, 0.5) is 0 Å². The molecular formula is C36H30N4Pd. The Morgan fingerprint density at radius 2 is 0.878 bits per heavy atom. The summed E-state index contributed by atoms with van der Waals surface area (Å²) in [6.07, 6.45) is 8.50. The molecule has 8 bridgehead atoms. The van der Waals surface area contributed by atoms with Crippen molar-refractivity contribution in [2.45, 2.75) is 38.5 Å². The summed E-state index contributed by atoms with van der Waals surface area (Å²) in [6.45, 7) is 8.77. The smallest absolute Gasteiger partial charge is 0.660 e. The van der Waals surface area contributed by atoms with E-state index in [1.54, 1.807) is 0 Å². The average Bonchev–Trinajstić information content (AvgIpc) is 3.78. The van der Waals surface area contributed by atoms with Crippen molar-refractivity contribution in [2.75, 3.05) is 0 Å². The Balaban J connectivity index is 0.00000302. The van der Waals surface area contributed by atoms with Gasteiger partial charge in [-0.2, -0.15) is 0 Å². The van der Waals surface area contributed by atoms with Gasteiger partial charge in [-0.05, 0) is 46.6 Å². The van der Waals surface area contributed by atoms with Gasteiger partial charge in [-0.1, -0.05) is 113 Å². The Hall–Kier alpha value is -4.04. The Morgan fingerprint density at radius 1 is 0.488 bits per heavy atom. The van der Waals surface area contributed by atoms with Gasteiger partial charge in [0, 0.05) is 22.3 Å². The molecule has 0 atom stereocenters. The zero-order valence-electron chi connectivity index (χ0n) is 23.5. The third kappa shape index (κ3) is 4.50. The maximum atomic E-state index is 5.21. The van der Waals surface area contributed by atoms with Crippen LogP contribution < -0.4 is 9.97 Å². The van der Waals surface area contributed by atoms with Crippen LogP contribution in [0.2, 0.25) is 0 Å². The molecule has 3 aliphatic rings. The van der Waals surface area contributed by atoms with Gasteiger partial charge in [0.1, 0.15) is 0 Å². The number of fused-ring (bicyclic) bond motifs is 6. The van der Waals surface area contributed by atoms with Crippen LogP contribution in [0.3, 0.4) is 0 Å². The van der Waals surface area contributed by atoms with Crippen molar-refractivity contribution in [3.63, 3.8) is 0 Å². The summed E-state index contributed by atoms with van der Waals surface area (Å²) in [5.41, 5.74) is 11.1.